The van der Waals surface area contributed by atoms with Crippen molar-refractivity contribution in [3.8, 4) is 0 Å². The molecule has 7 heteroatoms. The summed E-state index contributed by atoms with van der Waals surface area (Å²) >= 11 is 12.0. The fourth-order valence-electron chi connectivity index (χ4n) is 2.35. The Morgan fingerprint density at radius 3 is 2.55 bits per heavy atom. The van der Waals surface area contributed by atoms with Gasteiger partial charge in [0.2, 0.25) is 0 Å². The maximum atomic E-state index is 12.2. The first kappa shape index (κ1) is 15.1. The van der Waals surface area contributed by atoms with Gasteiger partial charge in [-0.2, -0.15) is 0 Å². The van der Waals surface area contributed by atoms with Gasteiger partial charge >= 0.3 is 0 Å². The number of hydrogen-bond acceptors (Lipinski definition) is 4. The van der Waals surface area contributed by atoms with E-state index < -0.39 is 0 Å². The maximum Gasteiger partial charge on any atom is 0.276 e. The van der Waals surface area contributed by atoms with Crippen LogP contribution < -0.4 is 10.2 Å². The van der Waals surface area contributed by atoms with Crippen LogP contribution in [0.25, 0.3) is 0 Å². The highest BCUT2D eigenvalue weighted by Crippen LogP contribution is 2.29. The van der Waals surface area contributed by atoms with E-state index in [9.17, 15) is 4.79 Å². The smallest absolute Gasteiger partial charge is 0.276 e. The number of nitrogens with one attached hydrogen (secondary N) is 1. The highest BCUT2D eigenvalue weighted by atomic mass is 35.5. The molecule has 0 unspecified atom stereocenters. The van der Waals surface area contributed by atoms with Gasteiger partial charge in [0.25, 0.3) is 5.91 Å². The zero-order valence-electron chi connectivity index (χ0n) is 11.7. The van der Waals surface area contributed by atoms with Crippen LogP contribution in [0.3, 0.4) is 0 Å². The van der Waals surface area contributed by atoms with Crippen molar-refractivity contribution >= 4 is 40.6 Å². The summed E-state index contributed by atoms with van der Waals surface area (Å²) in [6, 6.07) is 8.52. The molecule has 2 aromatic rings. The molecule has 0 radical (unpaired) electrons. The second kappa shape index (κ2) is 6.50. The summed E-state index contributed by atoms with van der Waals surface area (Å²) < 4.78 is 0. The quantitative estimate of drug-likeness (QED) is 0.929. The van der Waals surface area contributed by atoms with Crippen LogP contribution in [0, 0.1) is 0 Å². The molecule has 1 aromatic carbocycles. The topological polar surface area (TPSA) is 58.1 Å². The molecule has 0 aliphatic carbocycles. The number of benzene rings is 1. The van der Waals surface area contributed by atoms with Crippen molar-refractivity contribution in [2.45, 2.75) is 12.8 Å². The summed E-state index contributed by atoms with van der Waals surface area (Å²) in [5, 5.41) is 11.5. The van der Waals surface area contributed by atoms with Crippen molar-refractivity contribution in [1.82, 2.24) is 10.2 Å². The molecule has 5 nitrogen and oxygen atoms in total. The third-order valence-electron chi connectivity index (χ3n) is 3.51. The summed E-state index contributed by atoms with van der Waals surface area (Å²) in [6.07, 6.45) is 2.33. The molecule has 1 aliphatic heterocycles. The van der Waals surface area contributed by atoms with Crippen molar-refractivity contribution in [2.24, 2.45) is 0 Å². The predicted molar refractivity (Wildman–Crippen MR) is 87.9 cm³/mol. The molecule has 1 aromatic heterocycles. The molecular formula is C15H14Cl2N4O. The van der Waals surface area contributed by atoms with Gasteiger partial charge in [-0.25, -0.2) is 0 Å². The summed E-state index contributed by atoms with van der Waals surface area (Å²) in [5.74, 6) is 0.430. The van der Waals surface area contributed by atoms with E-state index >= 15 is 0 Å². The average molecular weight is 337 g/mol. The van der Waals surface area contributed by atoms with Crippen molar-refractivity contribution in [3.63, 3.8) is 0 Å². The average Bonchev–Trinajstić information content (AvgIpc) is 3.06. The molecule has 1 aliphatic rings. The number of hydrogen-bond donors (Lipinski definition) is 1. The first-order valence-electron chi connectivity index (χ1n) is 6.99. The molecule has 1 saturated heterocycles. The van der Waals surface area contributed by atoms with Crippen molar-refractivity contribution in [3.05, 3.63) is 46.1 Å². The molecule has 1 fully saturated rings. The maximum absolute atomic E-state index is 12.2. The lowest BCUT2D eigenvalue weighted by atomic mass is 10.3. The largest absolute Gasteiger partial charge is 0.355 e. The SMILES string of the molecule is O=C(Nc1cccc(Cl)c1Cl)c1ccc(N2CCCC2)nn1. The molecule has 0 saturated carbocycles. The van der Waals surface area contributed by atoms with Crippen LogP contribution >= 0.6 is 23.2 Å². The molecule has 0 bridgehead atoms. The molecule has 0 spiro atoms. The van der Waals surface area contributed by atoms with Gasteiger partial charge in [0, 0.05) is 13.1 Å². The van der Waals surface area contributed by atoms with Gasteiger partial charge in [-0.3, -0.25) is 4.79 Å². The predicted octanol–water partition coefficient (Wildman–Crippen LogP) is 3.64. The lowest BCUT2D eigenvalue weighted by molar-refractivity contribution is 0.102. The molecule has 0 atom stereocenters. The number of aromatic nitrogens is 2. The summed E-state index contributed by atoms with van der Waals surface area (Å²) in [7, 11) is 0. The van der Waals surface area contributed by atoms with E-state index in [0.29, 0.717) is 15.7 Å². The van der Waals surface area contributed by atoms with Crippen molar-refractivity contribution in [1.29, 1.82) is 0 Å². The highest BCUT2D eigenvalue weighted by Gasteiger charge is 2.16. The Morgan fingerprint density at radius 2 is 1.86 bits per heavy atom. The van der Waals surface area contributed by atoms with Crippen LogP contribution in [0.1, 0.15) is 23.3 Å². The first-order chi connectivity index (χ1) is 10.6. The molecule has 114 valence electrons. The molecule has 2 heterocycles. The van der Waals surface area contributed by atoms with E-state index in [0.717, 1.165) is 31.7 Å². The van der Waals surface area contributed by atoms with E-state index in [1.165, 1.54) is 0 Å². The number of carbonyl (C=O) groups is 1. The third-order valence-corrected chi connectivity index (χ3v) is 4.33. The number of anilines is 2. The molecular weight excluding hydrogens is 323 g/mol. The Bertz CT molecular complexity index is 684. The zero-order chi connectivity index (χ0) is 15.5. The van der Waals surface area contributed by atoms with Gasteiger partial charge in [-0.1, -0.05) is 29.3 Å². The first-order valence-corrected chi connectivity index (χ1v) is 7.75. The van der Waals surface area contributed by atoms with Gasteiger partial charge in [-0.05, 0) is 37.1 Å². The molecule has 1 amide bonds. The second-order valence-corrected chi connectivity index (χ2v) is 5.81. The molecule has 22 heavy (non-hydrogen) atoms. The normalized spacial score (nSPS) is 14.2. The summed E-state index contributed by atoms with van der Waals surface area (Å²) in [4.78, 5) is 14.3. The number of halogens is 2. The summed E-state index contributed by atoms with van der Waals surface area (Å²) in [5.41, 5.74) is 0.684. The minimum atomic E-state index is -0.371. The Kier molecular flexibility index (Phi) is 4.45. The standard InChI is InChI=1S/C15H14Cl2N4O/c16-10-4-3-5-11(14(10)17)18-15(22)12-6-7-13(20-19-12)21-8-1-2-9-21/h3-7H,1-2,8-9H2,(H,18,22). The number of nitrogens with zero attached hydrogens (tertiary/aromatic N) is 3. The monoisotopic (exact) mass is 336 g/mol. The van der Waals surface area contributed by atoms with E-state index in [4.69, 9.17) is 23.2 Å². The third kappa shape index (κ3) is 3.15. The van der Waals surface area contributed by atoms with Gasteiger partial charge < -0.3 is 10.2 Å². The molecule has 1 N–H and O–H groups in total. The Balaban J connectivity index is 1.73. The van der Waals surface area contributed by atoms with Gasteiger partial charge in [0.15, 0.2) is 11.5 Å². The van der Waals surface area contributed by atoms with Gasteiger partial charge in [0.05, 0.1) is 15.7 Å². The van der Waals surface area contributed by atoms with Crippen molar-refractivity contribution in [2.75, 3.05) is 23.3 Å². The lowest BCUT2D eigenvalue weighted by Crippen LogP contribution is -2.21. The van der Waals surface area contributed by atoms with Gasteiger partial charge in [-0.15, -0.1) is 10.2 Å². The van der Waals surface area contributed by atoms with Crippen LogP contribution in [0.15, 0.2) is 30.3 Å². The van der Waals surface area contributed by atoms with E-state index in [-0.39, 0.29) is 11.6 Å². The Labute approximate surface area is 138 Å². The Hall–Kier alpha value is -1.85. The van der Waals surface area contributed by atoms with Gasteiger partial charge in [0.1, 0.15) is 0 Å². The summed E-state index contributed by atoms with van der Waals surface area (Å²) in [6.45, 7) is 1.97. The Morgan fingerprint density at radius 1 is 1.09 bits per heavy atom. The minimum absolute atomic E-state index is 0.235. The zero-order valence-corrected chi connectivity index (χ0v) is 13.2. The van der Waals surface area contributed by atoms with Crippen LogP contribution in [0.2, 0.25) is 10.0 Å². The van der Waals surface area contributed by atoms with Crippen LogP contribution in [-0.4, -0.2) is 29.2 Å². The molecule has 3 rings (SSSR count). The highest BCUT2D eigenvalue weighted by molar-refractivity contribution is 6.44. The van der Waals surface area contributed by atoms with E-state index in [1.54, 1.807) is 24.3 Å². The fraction of sp³-hybridized carbons (Fsp3) is 0.267. The van der Waals surface area contributed by atoms with E-state index in [2.05, 4.69) is 20.4 Å². The fourth-order valence-corrected chi connectivity index (χ4v) is 2.70. The lowest BCUT2D eigenvalue weighted by Gasteiger charge is -2.15. The number of amides is 1. The van der Waals surface area contributed by atoms with Crippen molar-refractivity contribution < 1.29 is 4.79 Å². The number of rotatable bonds is 3. The number of carbonyl (C=O) groups excluding carboxylic acids is 1. The van der Waals surface area contributed by atoms with Crippen LogP contribution in [0.4, 0.5) is 11.5 Å². The van der Waals surface area contributed by atoms with E-state index in [1.807, 2.05) is 6.07 Å². The minimum Gasteiger partial charge on any atom is -0.355 e. The second-order valence-electron chi connectivity index (χ2n) is 5.03. The van der Waals surface area contributed by atoms with Crippen LogP contribution in [0.5, 0.6) is 0 Å². The van der Waals surface area contributed by atoms with Crippen LogP contribution in [-0.2, 0) is 0 Å².